The summed E-state index contributed by atoms with van der Waals surface area (Å²) in [6, 6.07) is 2.22. The smallest absolute Gasteiger partial charge is 0.433 e. The molecule has 0 unspecified atom stereocenters. The van der Waals surface area contributed by atoms with Crippen LogP contribution < -0.4 is 5.73 Å². The van der Waals surface area contributed by atoms with Crippen molar-refractivity contribution in [1.29, 1.82) is 0 Å². The molecule has 3 nitrogen and oxygen atoms in total. The summed E-state index contributed by atoms with van der Waals surface area (Å²) >= 11 is 0. The second-order valence-electron chi connectivity index (χ2n) is 3.59. The van der Waals surface area contributed by atoms with E-state index in [2.05, 4.69) is 4.98 Å². The Balaban J connectivity index is 0.000000212. The van der Waals surface area contributed by atoms with Crippen molar-refractivity contribution >= 4 is 0 Å². The van der Waals surface area contributed by atoms with Crippen LogP contribution in [0.25, 0.3) is 0 Å². The van der Waals surface area contributed by atoms with Gasteiger partial charge in [0, 0.05) is 6.04 Å². The minimum absolute atomic E-state index is 0.280. The number of aromatic nitrogens is 1. The molecule has 90 valence electrons. The number of hydrogen-bond acceptors (Lipinski definition) is 3. The molecule has 0 spiro atoms. The van der Waals surface area contributed by atoms with Gasteiger partial charge in [0.1, 0.15) is 11.4 Å². The molecule has 0 radical (unpaired) electrons. The SMILES string of the molecule is NC1CCC1.Oc1ccc(C(F)(F)F)nc1. The highest BCUT2D eigenvalue weighted by Crippen LogP contribution is 2.27. The highest BCUT2D eigenvalue weighted by molar-refractivity contribution is 5.19. The van der Waals surface area contributed by atoms with Crippen LogP contribution in [-0.2, 0) is 6.18 Å². The van der Waals surface area contributed by atoms with Crippen LogP contribution in [0.5, 0.6) is 5.75 Å². The first-order valence-electron chi connectivity index (χ1n) is 4.87. The van der Waals surface area contributed by atoms with Crippen molar-refractivity contribution in [3.8, 4) is 5.75 Å². The van der Waals surface area contributed by atoms with Crippen molar-refractivity contribution < 1.29 is 18.3 Å². The van der Waals surface area contributed by atoms with E-state index in [1.165, 1.54) is 19.3 Å². The van der Waals surface area contributed by atoms with E-state index >= 15 is 0 Å². The maximum atomic E-state index is 11.8. The van der Waals surface area contributed by atoms with Crippen molar-refractivity contribution in [2.24, 2.45) is 5.73 Å². The number of nitrogens with two attached hydrogens (primary N) is 1. The molecule has 16 heavy (non-hydrogen) atoms. The van der Waals surface area contributed by atoms with Crippen LogP contribution >= 0.6 is 0 Å². The van der Waals surface area contributed by atoms with Gasteiger partial charge in [-0.25, -0.2) is 4.98 Å². The summed E-state index contributed by atoms with van der Waals surface area (Å²) in [5, 5.41) is 8.59. The molecular formula is C10H13F3N2O. The van der Waals surface area contributed by atoms with E-state index in [4.69, 9.17) is 10.8 Å². The Bertz CT molecular complexity index is 320. The average Bonchev–Trinajstić information content (AvgIpc) is 2.15. The number of hydrogen-bond donors (Lipinski definition) is 2. The van der Waals surface area contributed by atoms with Crippen molar-refractivity contribution in [2.75, 3.05) is 0 Å². The Morgan fingerprint density at radius 2 is 1.88 bits per heavy atom. The van der Waals surface area contributed by atoms with Gasteiger partial charge in [0.15, 0.2) is 0 Å². The lowest BCUT2D eigenvalue weighted by Gasteiger charge is -2.18. The predicted octanol–water partition coefficient (Wildman–Crippen LogP) is 2.30. The van der Waals surface area contributed by atoms with Gasteiger partial charge in [-0.3, -0.25) is 0 Å². The van der Waals surface area contributed by atoms with Gasteiger partial charge in [-0.05, 0) is 25.0 Å². The topological polar surface area (TPSA) is 59.1 Å². The summed E-state index contributed by atoms with van der Waals surface area (Å²) in [4.78, 5) is 2.97. The molecule has 0 amide bonds. The van der Waals surface area contributed by atoms with Crippen molar-refractivity contribution in [2.45, 2.75) is 31.5 Å². The van der Waals surface area contributed by atoms with E-state index < -0.39 is 11.9 Å². The van der Waals surface area contributed by atoms with Crippen molar-refractivity contribution in [3.63, 3.8) is 0 Å². The van der Waals surface area contributed by atoms with Crippen LogP contribution in [0, 0.1) is 0 Å². The fourth-order valence-corrected chi connectivity index (χ4v) is 0.994. The summed E-state index contributed by atoms with van der Waals surface area (Å²) in [6.07, 6.45) is 0.206. The zero-order valence-corrected chi connectivity index (χ0v) is 8.54. The summed E-state index contributed by atoms with van der Waals surface area (Å²) in [7, 11) is 0. The number of aromatic hydroxyl groups is 1. The minimum atomic E-state index is -4.44. The van der Waals surface area contributed by atoms with Gasteiger partial charge in [0.25, 0.3) is 0 Å². The lowest BCUT2D eigenvalue weighted by molar-refractivity contribution is -0.141. The number of alkyl halides is 3. The van der Waals surface area contributed by atoms with Gasteiger partial charge < -0.3 is 10.8 Å². The normalized spacial score (nSPS) is 16.0. The average molecular weight is 234 g/mol. The Hall–Kier alpha value is -1.30. The lowest BCUT2D eigenvalue weighted by Crippen LogP contribution is -2.27. The van der Waals surface area contributed by atoms with Crippen LogP contribution in [0.3, 0.4) is 0 Å². The lowest BCUT2D eigenvalue weighted by atomic mass is 9.95. The highest BCUT2D eigenvalue weighted by Gasteiger charge is 2.31. The van der Waals surface area contributed by atoms with Crippen LogP contribution in [-0.4, -0.2) is 16.1 Å². The largest absolute Gasteiger partial charge is 0.506 e. The monoisotopic (exact) mass is 234 g/mol. The highest BCUT2D eigenvalue weighted by atomic mass is 19.4. The first-order chi connectivity index (χ1) is 7.39. The van der Waals surface area contributed by atoms with Gasteiger partial charge in [0.05, 0.1) is 6.20 Å². The van der Waals surface area contributed by atoms with Crippen LogP contribution in [0.15, 0.2) is 18.3 Å². The molecule has 0 aliphatic heterocycles. The second-order valence-corrected chi connectivity index (χ2v) is 3.59. The third-order valence-electron chi connectivity index (χ3n) is 2.19. The van der Waals surface area contributed by atoms with Crippen LogP contribution in [0.2, 0.25) is 0 Å². The standard InChI is InChI=1S/C6H4F3NO.C4H9N/c7-6(8,9)5-2-1-4(11)3-10-5;5-4-2-1-3-4/h1-3,11H;4H,1-3,5H2. The summed E-state index contributed by atoms with van der Waals surface area (Å²) < 4.78 is 35.3. The summed E-state index contributed by atoms with van der Waals surface area (Å²) in [6.45, 7) is 0. The molecule has 3 N–H and O–H groups in total. The Morgan fingerprint density at radius 1 is 1.31 bits per heavy atom. The molecule has 0 bridgehead atoms. The number of pyridine rings is 1. The quantitative estimate of drug-likeness (QED) is 0.724. The van der Waals surface area contributed by atoms with E-state index in [1.54, 1.807) is 0 Å². The molecule has 1 aromatic rings. The van der Waals surface area contributed by atoms with Gasteiger partial charge in [-0.15, -0.1) is 0 Å². The zero-order valence-electron chi connectivity index (χ0n) is 8.54. The van der Waals surface area contributed by atoms with Gasteiger partial charge in [-0.2, -0.15) is 13.2 Å². The second kappa shape index (κ2) is 5.16. The number of halogens is 3. The summed E-state index contributed by atoms with van der Waals surface area (Å²) in [5.74, 6) is -0.280. The molecule has 0 aromatic carbocycles. The van der Waals surface area contributed by atoms with Crippen LogP contribution in [0.1, 0.15) is 25.0 Å². The molecule has 6 heteroatoms. The fourth-order valence-electron chi connectivity index (χ4n) is 0.994. The van der Waals surface area contributed by atoms with Crippen molar-refractivity contribution in [3.05, 3.63) is 24.0 Å². The first-order valence-corrected chi connectivity index (χ1v) is 4.87. The fraction of sp³-hybridized carbons (Fsp3) is 0.500. The van der Waals surface area contributed by atoms with E-state index in [0.29, 0.717) is 6.04 Å². The number of nitrogens with zero attached hydrogens (tertiary/aromatic N) is 1. The Labute approximate surface area is 91.1 Å². The maximum Gasteiger partial charge on any atom is 0.433 e. The Kier molecular flexibility index (Phi) is 4.12. The molecule has 1 aromatic heterocycles. The van der Waals surface area contributed by atoms with Gasteiger partial charge in [0.2, 0.25) is 0 Å². The summed E-state index contributed by atoms with van der Waals surface area (Å²) in [5.41, 5.74) is 4.37. The molecule has 1 saturated carbocycles. The minimum Gasteiger partial charge on any atom is -0.506 e. The molecule has 2 rings (SSSR count). The molecular weight excluding hydrogens is 221 g/mol. The third kappa shape index (κ3) is 4.06. The first kappa shape index (κ1) is 12.8. The van der Waals surface area contributed by atoms with E-state index in [1.807, 2.05) is 0 Å². The molecule has 1 aliphatic rings. The molecule has 0 saturated heterocycles. The van der Waals surface area contributed by atoms with Gasteiger partial charge in [-0.1, -0.05) is 6.42 Å². The van der Waals surface area contributed by atoms with Crippen molar-refractivity contribution in [1.82, 2.24) is 4.98 Å². The van der Waals surface area contributed by atoms with Crippen LogP contribution in [0.4, 0.5) is 13.2 Å². The molecule has 1 heterocycles. The maximum absolute atomic E-state index is 11.8. The molecule has 1 fully saturated rings. The van der Waals surface area contributed by atoms with Gasteiger partial charge >= 0.3 is 6.18 Å². The predicted molar refractivity (Wildman–Crippen MR) is 52.7 cm³/mol. The zero-order chi connectivity index (χ0) is 12.2. The van der Waals surface area contributed by atoms with E-state index in [9.17, 15) is 13.2 Å². The Morgan fingerprint density at radius 3 is 2.12 bits per heavy atom. The van der Waals surface area contributed by atoms with E-state index in [0.717, 1.165) is 18.3 Å². The molecule has 1 aliphatic carbocycles. The third-order valence-corrected chi connectivity index (χ3v) is 2.19. The van der Waals surface area contributed by atoms with E-state index in [-0.39, 0.29) is 5.75 Å². The molecule has 0 atom stereocenters. The number of rotatable bonds is 0.